The van der Waals surface area contributed by atoms with Gasteiger partial charge in [0.15, 0.2) is 35.9 Å². The van der Waals surface area contributed by atoms with Gasteiger partial charge in [-0.2, -0.15) is 0 Å². The number of amides is 1. The standard InChI is InChI=1S/C26H31ClN10O6/c1-14(2)35-5-7-36(8-6-35)18(38)11-42-17-4-3-16(27)9-15(17)10-29-23-20-24(31-12-30-23)37(13-32-20)25-21(39)19(33-34-28)22(43-25)26(40)41/h3-4,9,12-14,19,21-22,25,39H,5-8,10-11H2,1-2H3,(H,40,41)(H,29,30,31)/t19-,21+,22-,25+/m0/s1. The van der Waals surface area contributed by atoms with Crippen molar-refractivity contribution in [3.05, 3.63) is 51.9 Å². The quantitative estimate of drug-likeness (QED) is 0.171. The molecule has 2 fully saturated rings. The number of anilines is 1. The monoisotopic (exact) mass is 614 g/mol. The zero-order valence-corrected chi connectivity index (χ0v) is 24.2. The van der Waals surface area contributed by atoms with Crippen molar-refractivity contribution >= 4 is 40.5 Å². The normalized spacial score (nSPS) is 22.5. The van der Waals surface area contributed by atoms with Crippen LogP contribution in [-0.4, -0.2) is 108 Å². The molecule has 2 saturated heterocycles. The number of hydrogen-bond acceptors (Lipinski definition) is 11. The third-order valence-electron chi connectivity index (χ3n) is 7.52. The summed E-state index contributed by atoms with van der Waals surface area (Å²) >= 11 is 6.26. The van der Waals surface area contributed by atoms with Gasteiger partial charge < -0.3 is 29.9 Å². The highest BCUT2D eigenvalue weighted by Gasteiger charge is 2.48. The number of piperazine rings is 1. The molecular weight excluding hydrogens is 584 g/mol. The summed E-state index contributed by atoms with van der Waals surface area (Å²) in [4.78, 5) is 44.1. The summed E-state index contributed by atoms with van der Waals surface area (Å²) < 4.78 is 12.8. The zero-order valence-electron chi connectivity index (χ0n) is 23.4. The second-order valence-electron chi connectivity index (χ2n) is 10.4. The van der Waals surface area contributed by atoms with Crippen LogP contribution in [0.4, 0.5) is 5.82 Å². The van der Waals surface area contributed by atoms with E-state index in [1.165, 1.54) is 17.2 Å². The molecule has 1 amide bonds. The highest BCUT2D eigenvalue weighted by atomic mass is 35.5. The number of fused-ring (bicyclic) bond motifs is 1. The molecule has 4 heterocycles. The molecule has 2 aromatic heterocycles. The van der Waals surface area contributed by atoms with Crippen LogP contribution in [0.25, 0.3) is 21.6 Å². The highest BCUT2D eigenvalue weighted by Crippen LogP contribution is 2.34. The fraction of sp³-hybridized carbons (Fsp3) is 0.500. The van der Waals surface area contributed by atoms with Crippen molar-refractivity contribution in [2.45, 2.75) is 50.9 Å². The first-order valence-corrected chi connectivity index (χ1v) is 14.0. The van der Waals surface area contributed by atoms with Crippen LogP contribution in [0, 0.1) is 0 Å². The lowest BCUT2D eigenvalue weighted by Gasteiger charge is -2.36. The molecule has 2 aliphatic heterocycles. The molecule has 0 aliphatic carbocycles. The van der Waals surface area contributed by atoms with E-state index in [0.717, 1.165) is 13.1 Å². The van der Waals surface area contributed by atoms with Crippen molar-refractivity contribution in [1.29, 1.82) is 0 Å². The lowest BCUT2D eigenvalue weighted by molar-refractivity contribution is -0.152. The Bertz CT molecular complexity index is 1540. The van der Waals surface area contributed by atoms with E-state index in [0.29, 0.717) is 46.8 Å². The van der Waals surface area contributed by atoms with Crippen LogP contribution < -0.4 is 10.1 Å². The van der Waals surface area contributed by atoms with Crippen LogP contribution in [0.15, 0.2) is 36.0 Å². The average Bonchev–Trinajstić information content (AvgIpc) is 3.57. The Hall–Kier alpha value is -4.21. The van der Waals surface area contributed by atoms with Crippen molar-refractivity contribution in [1.82, 2.24) is 29.3 Å². The van der Waals surface area contributed by atoms with E-state index in [1.807, 2.05) is 0 Å². The number of carbonyl (C=O) groups is 2. The smallest absolute Gasteiger partial charge is 0.333 e. The predicted octanol–water partition coefficient (Wildman–Crippen LogP) is 2.04. The lowest BCUT2D eigenvalue weighted by atomic mass is 10.1. The van der Waals surface area contributed by atoms with E-state index >= 15 is 0 Å². The number of rotatable bonds is 10. The first kappa shape index (κ1) is 30.3. The zero-order chi connectivity index (χ0) is 30.7. The Morgan fingerprint density at radius 1 is 1.26 bits per heavy atom. The second kappa shape index (κ2) is 13.0. The number of imidazole rings is 1. The molecule has 1 aromatic carbocycles. The van der Waals surface area contributed by atoms with E-state index < -0.39 is 30.4 Å². The van der Waals surface area contributed by atoms with Gasteiger partial charge in [0, 0.05) is 54.3 Å². The second-order valence-corrected chi connectivity index (χ2v) is 10.9. The predicted molar refractivity (Wildman–Crippen MR) is 153 cm³/mol. The van der Waals surface area contributed by atoms with Gasteiger partial charge in [-0.3, -0.25) is 14.3 Å². The van der Waals surface area contributed by atoms with Crippen LogP contribution in [0.3, 0.4) is 0 Å². The van der Waals surface area contributed by atoms with Gasteiger partial charge in [-0.15, -0.1) is 0 Å². The fourth-order valence-corrected chi connectivity index (χ4v) is 5.37. The summed E-state index contributed by atoms with van der Waals surface area (Å²) in [5.41, 5.74) is 10.1. The summed E-state index contributed by atoms with van der Waals surface area (Å²) in [6, 6.07) is 4.19. The lowest BCUT2D eigenvalue weighted by Crippen LogP contribution is -2.51. The summed E-state index contributed by atoms with van der Waals surface area (Å²) in [5.74, 6) is -0.657. The molecule has 0 radical (unpaired) electrons. The summed E-state index contributed by atoms with van der Waals surface area (Å²) in [7, 11) is 0. The molecule has 0 unspecified atom stereocenters. The van der Waals surface area contributed by atoms with Gasteiger partial charge in [-0.25, -0.2) is 19.7 Å². The van der Waals surface area contributed by atoms with E-state index in [1.54, 1.807) is 23.1 Å². The Balaban J connectivity index is 1.28. The molecule has 5 rings (SSSR count). The molecule has 0 saturated carbocycles. The summed E-state index contributed by atoms with van der Waals surface area (Å²) in [6.07, 6.45) is -1.63. The maximum Gasteiger partial charge on any atom is 0.333 e. The maximum absolute atomic E-state index is 12.8. The number of aliphatic hydroxyl groups is 1. The SMILES string of the molecule is CC(C)N1CCN(C(=O)COc2ccc(Cl)cc2CNc2ncnc3c2ncn3[C@@H]2O[C@H](C(=O)O)[C@@H](N=[N+]=[N-])[C@H]2O)CC1. The Kier molecular flexibility index (Phi) is 9.13. The van der Waals surface area contributed by atoms with Gasteiger partial charge in [0.2, 0.25) is 0 Å². The van der Waals surface area contributed by atoms with Crippen LogP contribution in [-0.2, 0) is 20.9 Å². The summed E-state index contributed by atoms with van der Waals surface area (Å²) in [5, 5.41) is 27.2. The highest BCUT2D eigenvalue weighted by molar-refractivity contribution is 6.30. The number of nitrogens with one attached hydrogen (secondary N) is 1. The minimum atomic E-state index is -1.55. The number of nitrogens with zero attached hydrogens (tertiary/aromatic N) is 9. The van der Waals surface area contributed by atoms with E-state index in [9.17, 15) is 19.8 Å². The Morgan fingerprint density at radius 3 is 2.72 bits per heavy atom. The number of aliphatic hydroxyl groups excluding tert-OH is 1. The van der Waals surface area contributed by atoms with Gasteiger partial charge in [-0.05, 0) is 37.6 Å². The molecule has 228 valence electrons. The number of ether oxygens (including phenoxy) is 2. The first-order chi connectivity index (χ1) is 20.7. The van der Waals surface area contributed by atoms with Gasteiger partial charge in [0.1, 0.15) is 24.2 Å². The third-order valence-corrected chi connectivity index (χ3v) is 7.75. The number of carboxylic acids is 1. The van der Waals surface area contributed by atoms with Gasteiger partial charge in [0.25, 0.3) is 5.91 Å². The number of carboxylic acid groups (broad SMARTS) is 1. The van der Waals surface area contributed by atoms with Crippen LogP contribution in [0.1, 0.15) is 25.6 Å². The van der Waals surface area contributed by atoms with Crippen molar-refractivity contribution < 1.29 is 29.3 Å². The molecule has 17 heteroatoms. The van der Waals surface area contributed by atoms with Crippen molar-refractivity contribution in [2.75, 3.05) is 38.1 Å². The third kappa shape index (κ3) is 6.43. The molecule has 3 N–H and O–H groups in total. The van der Waals surface area contributed by atoms with E-state index in [-0.39, 0.29) is 24.7 Å². The van der Waals surface area contributed by atoms with Crippen molar-refractivity contribution in [2.24, 2.45) is 5.11 Å². The maximum atomic E-state index is 12.8. The summed E-state index contributed by atoms with van der Waals surface area (Å²) in [6.45, 7) is 7.32. The number of hydrogen-bond donors (Lipinski definition) is 3. The van der Waals surface area contributed by atoms with Gasteiger partial charge in [0.05, 0.1) is 6.33 Å². The topological polar surface area (TPSA) is 204 Å². The molecule has 0 spiro atoms. The Morgan fingerprint density at radius 2 is 2.02 bits per heavy atom. The largest absolute Gasteiger partial charge is 0.483 e. The minimum absolute atomic E-state index is 0.0931. The minimum Gasteiger partial charge on any atom is -0.483 e. The number of azide groups is 1. The molecular formula is C26H31ClN10O6. The number of aliphatic carboxylic acids is 1. The fourth-order valence-electron chi connectivity index (χ4n) is 5.17. The average molecular weight is 615 g/mol. The van der Waals surface area contributed by atoms with E-state index in [4.69, 9.17) is 26.6 Å². The van der Waals surface area contributed by atoms with Gasteiger partial charge in [-0.1, -0.05) is 16.7 Å². The number of carbonyl (C=O) groups excluding carboxylic acids is 1. The number of halogens is 1. The van der Waals surface area contributed by atoms with Crippen molar-refractivity contribution in [3.8, 4) is 5.75 Å². The van der Waals surface area contributed by atoms with Gasteiger partial charge >= 0.3 is 5.97 Å². The van der Waals surface area contributed by atoms with E-state index in [2.05, 4.69) is 49.0 Å². The molecule has 3 aromatic rings. The molecule has 0 bridgehead atoms. The van der Waals surface area contributed by atoms with Crippen LogP contribution in [0.2, 0.25) is 5.02 Å². The van der Waals surface area contributed by atoms with Crippen LogP contribution in [0.5, 0.6) is 5.75 Å². The first-order valence-electron chi connectivity index (χ1n) is 13.6. The Labute approximate surface area is 250 Å². The number of benzene rings is 1. The molecule has 4 atom stereocenters. The molecule has 2 aliphatic rings. The van der Waals surface area contributed by atoms with Crippen LogP contribution >= 0.6 is 11.6 Å². The molecule has 43 heavy (non-hydrogen) atoms. The number of aromatic nitrogens is 4. The van der Waals surface area contributed by atoms with Crippen molar-refractivity contribution in [3.63, 3.8) is 0 Å². The molecule has 16 nitrogen and oxygen atoms in total.